The molecule has 0 heterocycles. The zero-order valence-corrected chi connectivity index (χ0v) is 10.6. The van der Waals surface area contributed by atoms with Crippen LogP contribution in [-0.4, -0.2) is 36.7 Å². The van der Waals surface area contributed by atoms with Gasteiger partial charge in [0.15, 0.2) is 5.92 Å². The fraction of sp³-hybridized carbons (Fsp3) is 0.800. The van der Waals surface area contributed by atoms with Gasteiger partial charge in [-0.3, -0.25) is 9.59 Å². The van der Waals surface area contributed by atoms with Crippen molar-refractivity contribution in [3.63, 3.8) is 0 Å². The van der Waals surface area contributed by atoms with E-state index in [0.717, 1.165) is 0 Å². The second-order valence-corrected chi connectivity index (χ2v) is 5.87. The average molecular weight is 234 g/mol. The summed E-state index contributed by atoms with van der Waals surface area (Å²) in [6.45, 7) is 6.05. The fourth-order valence-corrected chi connectivity index (χ4v) is 1.79. The van der Waals surface area contributed by atoms with Gasteiger partial charge in [-0.1, -0.05) is 20.8 Å². The van der Waals surface area contributed by atoms with E-state index in [1.54, 1.807) is 0 Å². The quantitative estimate of drug-likeness (QED) is 0.545. The van der Waals surface area contributed by atoms with Crippen LogP contribution in [0.15, 0.2) is 0 Å². The van der Waals surface area contributed by atoms with Crippen molar-refractivity contribution in [2.24, 2.45) is 5.92 Å². The molecule has 0 spiro atoms. The molecule has 0 aliphatic heterocycles. The summed E-state index contributed by atoms with van der Waals surface area (Å²) < 4.78 is 9.10. The smallest absolute Gasteiger partial charge is 0.320 e. The van der Waals surface area contributed by atoms with Crippen molar-refractivity contribution < 1.29 is 19.1 Å². The molecule has 0 aromatic heterocycles. The van der Waals surface area contributed by atoms with Gasteiger partial charge in [0.1, 0.15) is 0 Å². The lowest BCUT2D eigenvalue weighted by Crippen LogP contribution is -2.30. The summed E-state index contributed by atoms with van der Waals surface area (Å²) in [6, 6.07) is 0. The molecule has 88 valence electrons. The standard InChI is InChI=1S/C10H18O4S/c1-10(2,3)15-6-7(8(11)13-4)9(12)14-5/h7H,6H2,1-5H3. The summed E-state index contributed by atoms with van der Waals surface area (Å²) in [5.74, 6) is -1.54. The largest absolute Gasteiger partial charge is 0.468 e. The maximum Gasteiger partial charge on any atom is 0.320 e. The number of methoxy groups -OCH3 is 2. The fourth-order valence-electron chi connectivity index (χ4n) is 0.850. The SMILES string of the molecule is COC(=O)C(CSC(C)(C)C)C(=O)OC. The lowest BCUT2D eigenvalue weighted by Gasteiger charge is -2.20. The van der Waals surface area contributed by atoms with E-state index in [1.807, 2.05) is 20.8 Å². The van der Waals surface area contributed by atoms with Crippen LogP contribution in [0.1, 0.15) is 20.8 Å². The highest BCUT2D eigenvalue weighted by Gasteiger charge is 2.30. The predicted octanol–water partition coefficient (Wildman–Crippen LogP) is 1.48. The Morgan fingerprint density at radius 3 is 1.80 bits per heavy atom. The molecule has 0 aliphatic rings. The summed E-state index contributed by atoms with van der Waals surface area (Å²) >= 11 is 1.53. The van der Waals surface area contributed by atoms with Gasteiger partial charge < -0.3 is 9.47 Å². The second-order valence-electron chi connectivity index (χ2n) is 4.02. The molecule has 0 atom stereocenters. The number of esters is 2. The van der Waals surface area contributed by atoms with E-state index in [-0.39, 0.29) is 4.75 Å². The molecule has 0 aromatic carbocycles. The summed E-state index contributed by atoms with van der Waals surface area (Å²) in [5.41, 5.74) is 0. The first-order valence-corrected chi connectivity index (χ1v) is 5.60. The maximum absolute atomic E-state index is 11.3. The Bertz CT molecular complexity index is 216. The Labute approximate surface area is 94.7 Å². The van der Waals surface area contributed by atoms with Crippen molar-refractivity contribution in [3.05, 3.63) is 0 Å². The van der Waals surface area contributed by atoms with E-state index in [0.29, 0.717) is 5.75 Å². The normalized spacial score (nSPS) is 11.3. The Hall–Kier alpha value is -0.710. The highest BCUT2D eigenvalue weighted by atomic mass is 32.2. The number of ether oxygens (including phenoxy) is 2. The summed E-state index contributed by atoms with van der Waals surface area (Å²) in [7, 11) is 2.53. The summed E-state index contributed by atoms with van der Waals surface area (Å²) in [6.07, 6.45) is 0. The number of rotatable bonds is 4. The van der Waals surface area contributed by atoms with Crippen LogP contribution in [0.5, 0.6) is 0 Å². The van der Waals surface area contributed by atoms with Crippen LogP contribution in [0.25, 0.3) is 0 Å². The lowest BCUT2D eigenvalue weighted by atomic mass is 10.2. The molecule has 5 heteroatoms. The van der Waals surface area contributed by atoms with Gasteiger partial charge in [-0.25, -0.2) is 0 Å². The molecule has 0 amide bonds. The van der Waals surface area contributed by atoms with Crippen LogP contribution in [-0.2, 0) is 19.1 Å². The molecule has 0 radical (unpaired) electrons. The zero-order valence-electron chi connectivity index (χ0n) is 9.83. The second kappa shape index (κ2) is 6.00. The molecule has 0 aromatic rings. The highest BCUT2D eigenvalue weighted by Crippen LogP contribution is 2.26. The minimum absolute atomic E-state index is 0.000291. The van der Waals surface area contributed by atoms with Gasteiger partial charge in [-0.05, 0) is 0 Å². The Morgan fingerprint density at radius 2 is 1.53 bits per heavy atom. The van der Waals surface area contributed by atoms with E-state index >= 15 is 0 Å². The van der Waals surface area contributed by atoms with Gasteiger partial charge >= 0.3 is 11.9 Å². The van der Waals surface area contributed by atoms with E-state index in [2.05, 4.69) is 9.47 Å². The molecule has 0 N–H and O–H groups in total. The minimum Gasteiger partial charge on any atom is -0.468 e. The van der Waals surface area contributed by atoms with E-state index in [4.69, 9.17) is 0 Å². The Balaban J connectivity index is 4.39. The first-order chi connectivity index (χ1) is 6.81. The first-order valence-electron chi connectivity index (χ1n) is 4.61. The maximum atomic E-state index is 11.3. The van der Waals surface area contributed by atoms with Gasteiger partial charge in [0.2, 0.25) is 0 Å². The third kappa shape index (κ3) is 5.67. The topological polar surface area (TPSA) is 52.6 Å². The van der Waals surface area contributed by atoms with Crippen LogP contribution in [0, 0.1) is 5.92 Å². The molecule has 0 saturated carbocycles. The number of hydrogen-bond acceptors (Lipinski definition) is 5. The molecule has 0 bridgehead atoms. The van der Waals surface area contributed by atoms with Crippen LogP contribution in [0.3, 0.4) is 0 Å². The molecule has 0 unspecified atom stereocenters. The molecular weight excluding hydrogens is 216 g/mol. The zero-order chi connectivity index (χ0) is 12.1. The van der Waals surface area contributed by atoms with E-state index in [9.17, 15) is 9.59 Å². The van der Waals surface area contributed by atoms with Crippen LogP contribution in [0.4, 0.5) is 0 Å². The highest BCUT2D eigenvalue weighted by molar-refractivity contribution is 8.00. The van der Waals surface area contributed by atoms with Crippen LogP contribution in [0.2, 0.25) is 0 Å². The first kappa shape index (κ1) is 14.3. The van der Waals surface area contributed by atoms with Crippen molar-refractivity contribution >= 4 is 23.7 Å². The van der Waals surface area contributed by atoms with Gasteiger partial charge in [-0.15, -0.1) is 0 Å². The molecular formula is C10H18O4S. The third-order valence-corrected chi connectivity index (χ3v) is 3.02. The predicted molar refractivity (Wildman–Crippen MR) is 59.7 cm³/mol. The van der Waals surface area contributed by atoms with Crippen molar-refractivity contribution in [2.75, 3.05) is 20.0 Å². The number of carbonyl (C=O) groups excluding carboxylic acids is 2. The molecule has 0 rings (SSSR count). The Kier molecular flexibility index (Phi) is 5.72. The summed E-state index contributed by atoms with van der Waals surface area (Å²) in [5, 5.41) is 0. The van der Waals surface area contributed by atoms with Gasteiger partial charge in [0.05, 0.1) is 14.2 Å². The molecule has 0 fully saturated rings. The van der Waals surface area contributed by atoms with Crippen LogP contribution < -0.4 is 0 Å². The van der Waals surface area contributed by atoms with Crippen LogP contribution >= 0.6 is 11.8 Å². The van der Waals surface area contributed by atoms with Crippen molar-refractivity contribution in [1.82, 2.24) is 0 Å². The van der Waals surface area contributed by atoms with Gasteiger partial charge in [-0.2, -0.15) is 11.8 Å². The number of thioether (sulfide) groups is 1. The van der Waals surface area contributed by atoms with Crippen molar-refractivity contribution in [3.8, 4) is 0 Å². The molecule has 4 nitrogen and oxygen atoms in total. The minimum atomic E-state index is -0.829. The average Bonchev–Trinajstić information content (AvgIpc) is 2.15. The van der Waals surface area contributed by atoms with Crippen molar-refractivity contribution in [1.29, 1.82) is 0 Å². The lowest BCUT2D eigenvalue weighted by molar-refractivity contribution is -0.157. The summed E-state index contributed by atoms with van der Waals surface area (Å²) in [4.78, 5) is 22.6. The molecule has 0 saturated heterocycles. The van der Waals surface area contributed by atoms with Gasteiger partial charge in [0.25, 0.3) is 0 Å². The van der Waals surface area contributed by atoms with Crippen molar-refractivity contribution in [2.45, 2.75) is 25.5 Å². The van der Waals surface area contributed by atoms with E-state index < -0.39 is 17.9 Å². The third-order valence-electron chi connectivity index (χ3n) is 1.65. The monoisotopic (exact) mass is 234 g/mol. The number of hydrogen-bond donors (Lipinski definition) is 0. The van der Waals surface area contributed by atoms with Gasteiger partial charge in [0, 0.05) is 10.5 Å². The van der Waals surface area contributed by atoms with E-state index in [1.165, 1.54) is 26.0 Å². The molecule has 15 heavy (non-hydrogen) atoms. The number of carbonyl (C=O) groups is 2. The molecule has 0 aliphatic carbocycles. The Morgan fingerprint density at radius 1 is 1.13 bits per heavy atom.